The molecule has 0 aromatic heterocycles. The number of carbonyl (C=O) groups excluding carboxylic acids is 1. The summed E-state index contributed by atoms with van der Waals surface area (Å²) < 4.78 is 0. The van der Waals surface area contributed by atoms with Crippen molar-refractivity contribution in [1.29, 1.82) is 0 Å². The monoisotopic (exact) mass is 672 g/mol. The van der Waals surface area contributed by atoms with Crippen LogP contribution in [0.4, 0.5) is 0 Å². The van der Waals surface area contributed by atoms with Gasteiger partial charge in [0.2, 0.25) is 0 Å². The summed E-state index contributed by atoms with van der Waals surface area (Å²) >= 11 is 0. The molecule has 9 aliphatic rings. The van der Waals surface area contributed by atoms with Gasteiger partial charge in [-0.25, -0.2) is 0 Å². The summed E-state index contributed by atoms with van der Waals surface area (Å²) in [6, 6.07) is 0. The van der Waals surface area contributed by atoms with E-state index in [1.54, 1.807) is 22.3 Å². The predicted molar refractivity (Wildman–Crippen MR) is 191 cm³/mol. The molecule has 6 fully saturated rings. The molecule has 6 saturated carbocycles. The highest BCUT2D eigenvalue weighted by molar-refractivity contribution is 5.95. The van der Waals surface area contributed by atoms with E-state index in [9.17, 15) is 25.2 Å². The first-order valence-electron chi connectivity index (χ1n) is 21.0. The average molecular weight is 673 g/mol. The largest absolute Gasteiger partial charge is 0.392 e. The topological polar surface area (TPSA) is 98.0 Å². The van der Waals surface area contributed by atoms with Gasteiger partial charge in [-0.15, -0.1) is 0 Å². The van der Waals surface area contributed by atoms with Crippen LogP contribution in [0.3, 0.4) is 0 Å². The van der Waals surface area contributed by atoms with E-state index >= 15 is 0 Å². The standard InChI is InChI=1S/C44H64O5/c1-24(2)38-28-14-8-7-13-27(28)29-15-9-10-25-20-30(41(48)40(38)39(25)29)31-17-19-44(49)33-21-35(45)34-22-36(46)37(47)23-43(34,26-11-5-4-6-12-26)32(33)16-18-42(31,44)3/h21,24-27,30-32,34,36-37,40-41,46-49H,4-20,22-23H2,1-3H3/t25-,27-,30+,31-,32+,34+,36-,37+,40+,41+,42-,43+,44-/m1/s1. The van der Waals surface area contributed by atoms with Gasteiger partial charge in [0.15, 0.2) is 5.78 Å². The van der Waals surface area contributed by atoms with E-state index in [2.05, 4.69) is 20.8 Å². The lowest BCUT2D eigenvalue weighted by molar-refractivity contribution is -0.174. The normalized spacial score (nSPS) is 50.0. The maximum atomic E-state index is 14.3. The van der Waals surface area contributed by atoms with Crippen molar-refractivity contribution in [3.63, 3.8) is 0 Å². The zero-order valence-corrected chi connectivity index (χ0v) is 30.6. The molecule has 0 amide bonds. The van der Waals surface area contributed by atoms with Crippen molar-refractivity contribution in [1.82, 2.24) is 0 Å². The Labute approximate surface area is 295 Å². The van der Waals surface area contributed by atoms with Crippen LogP contribution >= 0.6 is 0 Å². The number of hydrogen-bond acceptors (Lipinski definition) is 5. The predicted octanol–water partition coefficient (Wildman–Crippen LogP) is 8.00. The molecule has 5 nitrogen and oxygen atoms in total. The van der Waals surface area contributed by atoms with Crippen LogP contribution in [0.2, 0.25) is 0 Å². The second-order valence-electron chi connectivity index (χ2n) is 19.5. The number of carbonyl (C=O) groups is 1. The molecule has 270 valence electrons. The number of rotatable bonds is 3. The Morgan fingerprint density at radius 1 is 0.796 bits per heavy atom. The van der Waals surface area contributed by atoms with Gasteiger partial charge in [0.05, 0.1) is 23.9 Å². The summed E-state index contributed by atoms with van der Waals surface area (Å²) in [4.78, 5) is 14.3. The van der Waals surface area contributed by atoms with E-state index in [0.717, 1.165) is 56.9 Å². The number of fused-ring (bicyclic) bond motifs is 7. The fourth-order valence-electron chi connectivity index (χ4n) is 15.6. The molecule has 5 heteroatoms. The van der Waals surface area contributed by atoms with Gasteiger partial charge >= 0.3 is 0 Å². The number of ketones is 1. The fraction of sp³-hybridized carbons (Fsp3) is 0.841. The van der Waals surface area contributed by atoms with Gasteiger partial charge in [-0.1, -0.05) is 68.7 Å². The minimum Gasteiger partial charge on any atom is -0.392 e. The molecule has 0 unspecified atom stereocenters. The molecule has 0 aliphatic heterocycles. The molecule has 0 aromatic carbocycles. The Balaban J connectivity index is 1.10. The Bertz CT molecular complexity index is 1450. The van der Waals surface area contributed by atoms with Gasteiger partial charge < -0.3 is 20.4 Å². The van der Waals surface area contributed by atoms with Crippen molar-refractivity contribution < 1.29 is 25.2 Å². The number of hydrogen-bond donors (Lipinski definition) is 4. The number of aliphatic hydroxyl groups is 4. The molecule has 9 aliphatic carbocycles. The smallest absolute Gasteiger partial charge is 0.159 e. The maximum Gasteiger partial charge on any atom is 0.159 e. The second kappa shape index (κ2) is 11.9. The van der Waals surface area contributed by atoms with Crippen LogP contribution in [0.5, 0.6) is 0 Å². The van der Waals surface area contributed by atoms with Crippen molar-refractivity contribution in [2.24, 2.45) is 64.1 Å². The molecular weight excluding hydrogens is 608 g/mol. The van der Waals surface area contributed by atoms with Crippen molar-refractivity contribution in [3.8, 4) is 0 Å². The van der Waals surface area contributed by atoms with Crippen LogP contribution in [0.1, 0.15) is 143 Å². The summed E-state index contributed by atoms with van der Waals surface area (Å²) in [5.41, 5.74) is 5.75. The lowest BCUT2D eigenvalue weighted by atomic mass is 9.41. The minimum absolute atomic E-state index is 0.0721. The molecule has 0 spiro atoms. The summed E-state index contributed by atoms with van der Waals surface area (Å²) in [6.45, 7) is 7.07. The van der Waals surface area contributed by atoms with Crippen LogP contribution in [0.15, 0.2) is 33.9 Å². The van der Waals surface area contributed by atoms with Crippen LogP contribution in [0.25, 0.3) is 0 Å². The van der Waals surface area contributed by atoms with Gasteiger partial charge in [-0.2, -0.15) is 0 Å². The highest BCUT2D eigenvalue weighted by Gasteiger charge is 2.70. The number of allylic oxidation sites excluding steroid dienone is 3. The first-order chi connectivity index (χ1) is 23.5. The fourth-order valence-corrected chi connectivity index (χ4v) is 15.6. The summed E-state index contributed by atoms with van der Waals surface area (Å²) in [5.74, 6) is 2.36. The molecule has 13 atom stereocenters. The molecule has 0 heterocycles. The van der Waals surface area contributed by atoms with Crippen LogP contribution in [-0.2, 0) is 4.79 Å². The molecular formula is C44H64O5. The second-order valence-corrected chi connectivity index (χ2v) is 19.5. The summed E-state index contributed by atoms with van der Waals surface area (Å²) in [5, 5.41) is 48.2. The van der Waals surface area contributed by atoms with E-state index < -0.39 is 29.3 Å². The lowest BCUT2D eigenvalue weighted by Crippen LogP contribution is -2.64. The summed E-state index contributed by atoms with van der Waals surface area (Å²) in [6.07, 6.45) is 19.6. The maximum absolute atomic E-state index is 14.3. The molecule has 49 heavy (non-hydrogen) atoms. The number of aliphatic hydroxyl groups excluding tert-OH is 3. The van der Waals surface area contributed by atoms with E-state index in [0.29, 0.717) is 42.9 Å². The third kappa shape index (κ3) is 4.53. The summed E-state index contributed by atoms with van der Waals surface area (Å²) in [7, 11) is 0. The van der Waals surface area contributed by atoms with Crippen LogP contribution in [0, 0.1) is 64.1 Å². The van der Waals surface area contributed by atoms with Crippen LogP contribution < -0.4 is 0 Å². The van der Waals surface area contributed by atoms with Crippen molar-refractivity contribution in [3.05, 3.63) is 33.9 Å². The van der Waals surface area contributed by atoms with E-state index in [4.69, 9.17) is 0 Å². The van der Waals surface area contributed by atoms with Gasteiger partial charge in [0, 0.05) is 23.2 Å². The van der Waals surface area contributed by atoms with Gasteiger partial charge in [-0.05, 0) is 149 Å². The molecule has 0 aromatic rings. The highest BCUT2D eigenvalue weighted by atomic mass is 16.3. The first-order valence-corrected chi connectivity index (χ1v) is 21.0. The molecule has 0 bridgehead atoms. The Kier molecular flexibility index (Phi) is 8.13. The molecule has 0 radical (unpaired) electrons. The lowest BCUT2D eigenvalue weighted by Gasteiger charge is -2.64. The third-order valence-corrected chi connectivity index (χ3v) is 17.5. The Morgan fingerprint density at radius 3 is 2.33 bits per heavy atom. The van der Waals surface area contributed by atoms with Gasteiger partial charge in [-0.3, -0.25) is 4.79 Å². The Morgan fingerprint density at radius 2 is 1.55 bits per heavy atom. The third-order valence-electron chi connectivity index (χ3n) is 17.5. The van der Waals surface area contributed by atoms with Crippen molar-refractivity contribution in [2.75, 3.05) is 0 Å². The molecule has 4 N–H and O–H groups in total. The van der Waals surface area contributed by atoms with Crippen molar-refractivity contribution >= 4 is 5.78 Å². The first kappa shape index (κ1) is 33.6. The van der Waals surface area contributed by atoms with Gasteiger partial charge in [0.25, 0.3) is 0 Å². The quantitative estimate of drug-likeness (QED) is 0.228. The van der Waals surface area contributed by atoms with E-state index in [-0.39, 0.29) is 40.8 Å². The Hall–Kier alpha value is -1.27. The SMILES string of the molecule is CC(C)C1=C2CCCC[C@H]2C2=C3[C@H](CCC2)C[C@@H]([C@H]2CC[C@@]4(O)C5=CC(=O)[C@@H]6C[C@@H](O)[C@@H](O)C[C@]6(C6CCCCC6)[C@H]5CC[C@]24C)[C@H](O)[C@@H]13. The highest BCUT2D eigenvalue weighted by Crippen LogP contribution is 2.72. The van der Waals surface area contributed by atoms with E-state index in [1.807, 2.05) is 6.08 Å². The van der Waals surface area contributed by atoms with Crippen molar-refractivity contribution in [2.45, 2.75) is 167 Å². The molecule has 9 rings (SSSR count). The minimum atomic E-state index is -1.07. The average Bonchev–Trinajstić information content (AvgIpc) is 3.38. The molecule has 0 saturated heterocycles. The van der Waals surface area contributed by atoms with E-state index in [1.165, 1.54) is 51.4 Å². The zero-order valence-electron chi connectivity index (χ0n) is 30.6. The van der Waals surface area contributed by atoms with Gasteiger partial charge in [0.1, 0.15) is 0 Å². The van der Waals surface area contributed by atoms with Crippen LogP contribution in [-0.4, -0.2) is 50.1 Å². The zero-order chi connectivity index (χ0) is 34.0.